The van der Waals surface area contributed by atoms with Gasteiger partial charge < -0.3 is 0 Å². The normalized spacial score (nSPS) is 14.8. The quantitative estimate of drug-likeness (QED) is 0.515. The minimum atomic E-state index is 0.729. The highest BCUT2D eigenvalue weighted by atomic mass is 15.1. The lowest BCUT2D eigenvalue weighted by atomic mass is 10.1. The molecule has 0 saturated heterocycles. The predicted octanol–water partition coefficient (Wildman–Crippen LogP) is 2.16. The summed E-state index contributed by atoms with van der Waals surface area (Å²) in [5.74, 6) is 0. The first-order valence-corrected chi connectivity index (χ1v) is 3.24. The minimum Gasteiger partial charge on any atom is -0.189 e. The van der Waals surface area contributed by atoms with Crippen LogP contribution in [0.5, 0.6) is 0 Å². The molecule has 1 heterocycles. The molecule has 0 spiro atoms. The van der Waals surface area contributed by atoms with Gasteiger partial charge in [0.25, 0.3) is 0 Å². The predicted molar refractivity (Wildman–Crippen MR) is 38.4 cm³/mol. The minimum absolute atomic E-state index is 0.729. The number of hydrogen-bond acceptors (Lipinski definition) is 2. The highest BCUT2D eigenvalue weighted by molar-refractivity contribution is 5.33. The number of benzene rings is 1. The van der Waals surface area contributed by atoms with Crippen molar-refractivity contribution < 1.29 is 0 Å². The summed E-state index contributed by atoms with van der Waals surface area (Å²) in [5.41, 5.74) is 2.45. The molecular formula is C8H7N2. The van der Waals surface area contributed by atoms with E-state index in [2.05, 4.69) is 16.3 Å². The monoisotopic (exact) mass is 131 g/mol. The van der Waals surface area contributed by atoms with Gasteiger partial charge in [-0.1, -0.05) is 24.3 Å². The van der Waals surface area contributed by atoms with Crippen molar-refractivity contribution >= 4 is 0 Å². The van der Waals surface area contributed by atoms with Gasteiger partial charge in [0.05, 0.1) is 6.54 Å². The first kappa shape index (κ1) is 5.59. The van der Waals surface area contributed by atoms with Crippen LogP contribution in [0.1, 0.15) is 11.1 Å². The molecule has 2 heteroatoms. The number of azo groups is 1. The Kier molecular flexibility index (Phi) is 1.24. The lowest BCUT2D eigenvalue weighted by Gasteiger charge is -2.06. The number of hydrogen-bond donors (Lipinski definition) is 0. The Balaban J connectivity index is 2.47. The molecule has 2 rings (SSSR count). The van der Waals surface area contributed by atoms with E-state index in [1.807, 2.05) is 18.2 Å². The van der Waals surface area contributed by atoms with Crippen LogP contribution in [-0.4, -0.2) is 0 Å². The van der Waals surface area contributed by atoms with Gasteiger partial charge in [-0.2, -0.15) is 10.2 Å². The first-order valence-electron chi connectivity index (χ1n) is 3.24. The van der Waals surface area contributed by atoms with E-state index in [4.69, 9.17) is 0 Å². The van der Waals surface area contributed by atoms with E-state index in [-0.39, 0.29) is 0 Å². The highest BCUT2D eigenvalue weighted by Crippen LogP contribution is 2.16. The van der Waals surface area contributed by atoms with Crippen molar-refractivity contribution in [1.29, 1.82) is 0 Å². The molecule has 0 fully saturated rings. The first-order chi connectivity index (χ1) is 4.97. The maximum atomic E-state index is 3.89. The third-order valence-electron chi connectivity index (χ3n) is 1.57. The summed E-state index contributed by atoms with van der Waals surface area (Å²) in [5, 5.41) is 7.71. The standard InChI is InChI=1S/C8H7N2/c1-2-4-8-6-10-9-5-7(8)3-1/h1-5H,6H2. The molecule has 49 valence electrons. The summed E-state index contributed by atoms with van der Waals surface area (Å²) in [7, 11) is 0. The average molecular weight is 131 g/mol. The van der Waals surface area contributed by atoms with Crippen LogP contribution in [0.15, 0.2) is 34.5 Å². The summed E-state index contributed by atoms with van der Waals surface area (Å²) in [6.45, 7) is 2.52. The molecule has 0 bridgehead atoms. The Hall–Kier alpha value is -1.18. The summed E-state index contributed by atoms with van der Waals surface area (Å²) in [4.78, 5) is 0. The van der Waals surface area contributed by atoms with Crippen LogP contribution in [0.3, 0.4) is 0 Å². The molecule has 1 aliphatic heterocycles. The van der Waals surface area contributed by atoms with Gasteiger partial charge in [-0.25, -0.2) is 0 Å². The fourth-order valence-corrected chi connectivity index (χ4v) is 1.02. The Morgan fingerprint density at radius 1 is 1.20 bits per heavy atom. The molecule has 0 atom stereocenters. The van der Waals surface area contributed by atoms with E-state index in [1.165, 1.54) is 11.1 Å². The number of nitrogens with zero attached hydrogens (tertiary/aromatic N) is 2. The zero-order valence-electron chi connectivity index (χ0n) is 5.49. The molecular weight excluding hydrogens is 124 g/mol. The van der Waals surface area contributed by atoms with Crippen molar-refractivity contribution in [3.8, 4) is 0 Å². The van der Waals surface area contributed by atoms with E-state index in [0.29, 0.717) is 0 Å². The lowest BCUT2D eigenvalue weighted by Crippen LogP contribution is -1.92. The zero-order chi connectivity index (χ0) is 6.81. The van der Waals surface area contributed by atoms with E-state index in [1.54, 1.807) is 6.54 Å². The topological polar surface area (TPSA) is 24.7 Å². The van der Waals surface area contributed by atoms with Crippen molar-refractivity contribution in [3.05, 3.63) is 41.9 Å². The second-order valence-electron chi connectivity index (χ2n) is 2.24. The second kappa shape index (κ2) is 2.21. The Labute approximate surface area is 59.6 Å². The van der Waals surface area contributed by atoms with Crippen LogP contribution in [-0.2, 0) is 6.54 Å². The lowest BCUT2D eigenvalue weighted by molar-refractivity contribution is 0.884. The van der Waals surface area contributed by atoms with E-state index < -0.39 is 0 Å². The van der Waals surface area contributed by atoms with Crippen LogP contribution >= 0.6 is 0 Å². The zero-order valence-corrected chi connectivity index (χ0v) is 5.49. The van der Waals surface area contributed by atoms with Crippen molar-refractivity contribution in [2.75, 3.05) is 0 Å². The molecule has 1 radical (unpaired) electrons. The van der Waals surface area contributed by atoms with Gasteiger partial charge in [-0.3, -0.25) is 0 Å². The average Bonchev–Trinajstić information content (AvgIpc) is 2.05. The van der Waals surface area contributed by atoms with Gasteiger partial charge in [-0.05, 0) is 11.1 Å². The highest BCUT2D eigenvalue weighted by Gasteiger charge is 2.03. The van der Waals surface area contributed by atoms with E-state index >= 15 is 0 Å². The van der Waals surface area contributed by atoms with Crippen molar-refractivity contribution in [2.45, 2.75) is 6.54 Å². The molecule has 0 aliphatic carbocycles. The van der Waals surface area contributed by atoms with Gasteiger partial charge in [0.2, 0.25) is 0 Å². The summed E-state index contributed by atoms with van der Waals surface area (Å²) in [6, 6.07) is 8.15. The van der Waals surface area contributed by atoms with Crippen LogP contribution < -0.4 is 0 Å². The number of fused-ring (bicyclic) bond motifs is 1. The van der Waals surface area contributed by atoms with Crippen LogP contribution in [0, 0.1) is 6.54 Å². The van der Waals surface area contributed by atoms with Crippen molar-refractivity contribution in [1.82, 2.24) is 0 Å². The van der Waals surface area contributed by atoms with Gasteiger partial charge in [0, 0.05) is 0 Å². The Bertz CT molecular complexity index is 239. The molecule has 0 unspecified atom stereocenters. The summed E-state index contributed by atoms with van der Waals surface area (Å²) < 4.78 is 0. The Morgan fingerprint density at radius 3 is 3.00 bits per heavy atom. The van der Waals surface area contributed by atoms with Crippen molar-refractivity contribution in [2.24, 2.45) is 10.2 Å². The maximum Gasteiger partial charge on any atom is 0.124 e. The third-order valence-corrected chi connectivity index (χ3v) is 1.57. The third kappa shape index (κ3) is 0.817. The van der Waals surface area contributed by atoms with Crippen molar-refractivity contribution in [3.63, 3.8) is 0 Å². The molecule has 0 N–H and O–H groups in total. The summed E-state index contributed by atoms with van der Waals surface area (Å²) in [6.07, 6.45) is 0. The van der Waals surface area contributed by atoms with E-state index in [0.717, 1.165) is 6.54 Å². The van der Waals surface area contributed by atoms with Crippen LogP contribution in [0.2, 0.25) is 0 Å². The van der Waals surface area contributed by atoms with Gasteiger partial charge >= 0.3 is 0 Å². The van der Waals surface area contributed by atoms with E-state index in [9.17, 15) is 0 Å². The second-order valence-corrected chi connectivity index (χ2v) is 2.24. The SMILES string of the molecule is [CH]1N=NCc2ccccc21. The molecule has 2 nitrogen and oxygen atoms in total. The van der Waals surface area contributed by atoms with Gasteiger partial charge in [-0.15, -0.1) is 0 Å². The van der Waals surface area contributed by atoms with Crippen LogP contribution in [0.4, 0.5) is 0 Å². The van der Waals surface area contributed by atoms with Gasteiger partial charge in [0.1, 0.15) is 6.54 Å². The number of rotatable bonds is 0. The maximum absolute atomic E-state index is 3.89. The molecule has 10 heavy (non-hydrogen) atoms. The molecule has 1 aliphatic rings. The fraction of sp³-hybridized carbons (Fsp3) is 0.125. The molecule has 1 aromatic carbocycles. The van der Waals surface area contributed by atoms with Gasteiger partial charge in [0.15, 0.2) is 0 Å². The molecule has 1 aromatic rings. The fourth-order valence-electron chi connectivity index (χ4n) is 1.02. The molecule has 0 aromatic heterocycles. The largest absolute Gasteiger partial charge is 0.189 e. The molecule has 0 amide bonds. The Morgan fingerprint density at radius 2 is 2.10 bits per heavy atom. The molecule has 0 saturated carbocycles. The summed E-state index contributed by atoms with van der Waals surface area (Å²) >= 11 is 0. The smallest absolute Gasteiger partial charge is 0.124 e. The van der Waals surface area contributed by atoms with Crippen LogP contribution in [0.25, 0.3) is 0 Å².